The highest BCUT2D eigenvalue weighted by Gasteiger charge is 2.16. The lowest BCUT2D eigenvalue weighted by atomic mass is 10.1. The van der Waals surface area contributed by atoms with Crippen LogP contribution < -0.4 is 9.64 Å². The maximum absolute atomic E-state index is 11.4. The van der Waals surface area contributed by atoms with Crippen molar-refractivity contribution < 1.29 is 9.53 Å². The minimum atomic E-state index is 0.114. The number of carbonyl (C=O) groups excluding carboxylic acids is 1. The fourth-order valence-corrected chi connectivity index (χ4v) is 3.23. The van der Waals surface area contributed by atoms with E-state index >= 15 is 0 Å². The van der Waals surface area contributed by atoms with Gasteiger partial charge in [-0.25, -0.2) is 0 Å². The number of methoxy groups -OCH3 is 1. The zero-order valence-electron chi connectivity index (χ0n) is 15.5. The van der Waals surface area contributed by atoms with Gasteiger partial charge in [-0.1, -0.05) is 30.4 Å². The first-order valence-corrected chi connectivity index (χ1v) is 9.05. The van der Waals surface area contributed by atoms with Crippen LogP contribution in [0, 0.1) is 0 Å². The summed E-state index contributed by atoms with van der Waals surface area (Å²) in [5.41, 5.74) is 3.08. The average molecular weight is 350 g/mol. The number of carbonyl (C=O) groups is 1. The molecule has 136 valence electrons. The SMILES string of the molecule is COc1ccccc1/C=C/CN1CCN(c2ccc(C(C)=O)cc2)CC1. The lowest BCUT2D eigenvalue weighted by Gasteiger charge is -2.35. The summed E-state index contributed by atoms with van der Waals surface area (Å²) in [7, 11) is 1.70. The number of nitrogens with zero attached hydrogens (tertiary/aromatic N) is 2. The van der Waals surface area contributed by atoms with Gasteiger partial charge in [0.2, 0.25) is 0 Å². The Morgan fingerprint density at radius 1 is 1.04 bits per heavy atom. The lowest BCUT2D eigenvalue weighted by molar-refractivity contribution is 0.101. The Labute approximate surface area is 155 Å². The lowest BCUT2D eigenvalue weighted by Crippen LogP contribution is -2.46. The quantitative estimate of drug-likeness (QED) is 0.743. The van der Waals surface area contributed by atoms with E-state index in [1.807, 2.05) is 42.5 Å². The third-order valence-electron chi connectivity index (χ3n) is 4.81. The Balaban J connectivity index is 1.50. The van der Waals surface area contributed by atoms with Gasteiger partial charge in [-0.15, -0.1) is 0 Å². The molecule has 4 heteroatoms. The van der Waals surface area contributed by atoms with E-state index in [2.05, 4.69) is 28.0 Å². The number of Topliss-reactive ketones (excluding diaryl/α,β-unsaturated/α-hetero) is 1. The summed E-state index contributed by atoms with van der Waals surface area (Å²) < 4.78 is 5.38. The molecule has 0 N–H and O–H groups in total. The maximum Gasteiger partial charge on any atom is 0.159 e. The molecule has 0 atom stereocenters. The second-order valence-corrected chi connectivity index (χ2v) is 6.54. The molecule has 1 heterocycles. The molecule has 4 nitrogen and oxygen atoms in total. The number of hydrogen-bond acceptors (Lipinski definition) is 4. The first-order chi connectivity index (χ1) is 12.7. The van der Waals surface area contributed by atoms with E-state index in [1.54, 1.807) is 14.0 Å². The molecular weight excluding hydrogens is 324 g/mol. The summed E-state index contributed by atoms with van der Waals surface area (Å²) in [6.07, 6.45) is 4.33. The minimum Gasteiger partial charge on any atom is -0.496 e. The van der Waals surface area contributed by atoms with Crippen LogP contribution >= 0.6 is 0 Å². The largest absolute Gasteiger partial charge is 0.496 e. The van der Waals surface area contributed by atoms with Gasteiger partial charge in [0.15, 0.2) is 5.78 Å². The summed E-state index contributed by atoms with van der Waals surface area (Å²) in [4.78, 5) is 16.2. The van der Waals surface area contributed by atoms with E-state index in [-0.39, 0.29) is 5.78 Å². The highest BCUT2D eigenvalue weighted by atomic mass is 16.5. The first-order valence-electron chi connectivity index (χ1n) is 9.05. The van der Waals surface area contributed by atoms with E-state index in [0.29, 0.717) is 0 Å². The van der Waals surface area contributed by atoms with Crippen molar-refractivity contribution in [3.8, 4) is 5.75 Å². The van der Waals surface area contributed by atoms with Crippen molar-refractivity contribution in [2.75, 3.05) is 44.7 Å². The number of rotatable bonds is 6. The summed E-state index contributed by atoms with van der Waals surface area (Å²) in [5, 5.41) is 0. The van der Waals surface area contributed by atoms with E-state index in [0.717, 1.165) is 49.6 Å². The number of hydrogen-bond donors (Lipinski definition) is 0. The molecule has 1 fully saturated rings. The molecule has 0 radical (unpaired) electrons. The Morgan fingerprint density at radius 2 is 1.73 bits per heavy atom. The van der Waals surface area contributed by atoms with Gasteiger partial charge < -0.3 is 9.64 Å². The number of ether oxygens (including phenoxy) is 1. The average Bonchev–Trinajstić information content (AvgIpc) is 2.69. The number of anilines is 1. The third-order valence-corrected chi connectivity index (χ3v) is 4.81. The molecular formula is C22H26N2O2. The first kappa shape index (κ1) is 18.2. The number of benzene rings is 2. The van der Waals surface area contributed by atoms with Gasteiger partial charge in [-0.3, -0.25) is 9.69 Å². The molecule has 0 unspecified atom stereocenters. The highest BCUT2D eigenvalue weighted by Crippen LogP contribution is 2.20. The van der Waals surface area contributed by atoms with Crippen LogP contribution in [0.5, 0.6) is 5.75 Å². The summed E-state index contributed by atoms with van der Waals surface area (Å²) in [5.74, 6) is 1.02. The van der Waals surface area contributed by atoms with Crippen molar-refractivity contribution in [2.24, 2.45) is 0 Å². The molecule has 0 spiro atoms. The summed E-state index contributed by atoms with van der Waals surface area (Å²) >= 11 is 0. The summed E-state index contributed by atoms with van der Waals surface area (Å²) in [6.45, 7) is 6.61. The van der Waals surface area contributed by atoms with Gasteiger partial charge in [-0.05, 0) is 37.3 Å². The molecule has 26 heavy (non-hydrogen) atoms. The van der Waals surface area contributed by atoms with Crippen LogP contribution in [0.15, 0.2) is 54.6 Å². The van der Waals surface area contributed by atoms with Gasteiger partial charge in [-0.2, -0.15) is 0 Å². The zero-order chi connectivity index (χ0) is 18.4. The molecule has 0 amide bonds. The fraction of sp³-hybridized carbons (Fsp3) is 0.318. The van der Waals surface area contributed by atoms with Crippen molar-refractivity contribution in [2.45, 2.75) is 6.92 Å². The smallest absolute Gasteiger partial charge is 0.159 e. The van der Waals surface area contributed by atoms with Gasteiger partial charge in [0, 0.05) is 49.5 Å². The van der Waals surface area contributed by atoms with E-state index < -0.39 is 0 Å². The third kappa shape index (κ3) is 4.52. The Kier molecular flexibility index (Phi) is 6.08. The number of para-hydroxylation sites is 1. The Morgan fingerprint density at radius 3 is 2.38 bits per heavy atom. The van der Waals surface area contributed by atoms with Crippen LogP contribution in [-0.4, -0.2) is 50.5 Å². The minimum absolute atomic E-state index is 0.114. The number of piperazine rings is 1. The normalized spacial score (nSPS) is 15.4. The molecule has 3 rings (SSSR count). The molecule has 0 aliphatic carbocycles. The maximum atomic E-state index is 11.4. The predicted molar refractivity (Wildman–Crippen MR) is 107 cm³/mol. The predicted octanol–water partition coefficient (Wildman–Crippen LogP) is 3.73. The van der Waals surface area contributed by atoms with Crippen LogP contribution in [0.25, 0.3) is 6.08 Å². The van der Waals surface area contributed by atoms with E-state index in [4.69, 9.17) is 4.74 Å². The van der Waals surface area contributed by atoms with E-state index in [9.17, 15) is 4.79 Å². The number of ketones is 1. The van der Waals surface area contributed by atoms with Gasteiger partial charge in [0.1, 0.15) is 5.75 Å². The van der Waals surface area contributed by atoms with Crippen molar-refractivity contribution in [3.63, 3.8) is 0 Å². The van der Waals surface area contributed by atoms with Crippen LogP contribution in [0.1, 0.15) is 22.8 Å². The van der Waals surface area contributed by atoms with Crippen molar-refractivity contribution in [3.05, 3.63) is 65.7 Å². The Hall–Kier alpha value is -2.59. The zero-order valence-corrected chi connectivity index (χ0v) is 15.5. The van der Waals surface area contributed by atoms with Gasteiger partial charge >= 0.3 is 0 Å². The monoisotopic (exact) mass is 350 g/mol. The fourth-order valence-electron chi connectivity index (χ4n) is 3.23. The molecule has 0 bridgehead atoms. The topological polar surface area (TPSA) is 32.8 Å². The second-order valence-electron chi connectivity index (χ2n) is 6.54. The molecule has 1 saturated heterocycles. The molecule has 0 aromatic heterocycles. The van der Waals surface area contributed by atoms with Crippen LogP contribution in [0.4, 0.5) is 5.69 Å². The molecule has 0 saturated carbocycles. The molecule has 2 aromatic carbocycles. The molecule has 1 aliphatic heterocycles. The van der Waals surface area contributed by atoms with Crippen LogP contribution in [0.2, 0.25) is 0 Å². The van der Waals surface area contributed by atoms with Crippen LogP contribution in [0.3, 0.4) is 0 Å². The van der Waals surface area contributed by atoms with Gasteiger partial charge in [0.05, 0.1) is 7.11 Å². The highest BCUT2D eigenvalue weighted by molar-refractivity contribution is 5.94. The van der Waals surface area contributed by atoms with Gasteiger partial charge in [0.25, 0.3) is 0 Å². The van der Waals surface area contributed by atoms with E-state index in [1.165, 1.54) is 5.69 Å². The van der Waals surface area contributed by atoms with Crippen molar-refractivity contribution >= 4 is 17.5 Å². The van der Waals surface area contributed by atoms with Crippen LogP contribution in [-0.2, 0) is 0 Å². The molecule has 2 aromatic rings. The summed E-state index contributed by atoms with van der Waals surface area (Å²) in [6, 6.07) is 16.0. The standard InChI is InChI=1S/C22H26N2O2/c1-18(25)19-9-11-21(12-10-19)24-16-14-23(15-17-24)13-5-7-20-6-3-4-8-22(20)26-2/h3-12H,13-17H2,1-2H3/b7-5+. The van der Waals surface area contributed by atoms with Crippen molar-refractivity contribution in [1.29, 1.82) is 0 Å². The second kappa shape index (κ2) is 8.68. The molecule has 1 aliphatic rings. The van der Waals surface area contributed by atoms with Crippen molar-refractivity contribution in [1.82, 2.24) is 4.90 Å². The Bertz CT molecular complexity index is 760.